The second kappa shape index (κ2) is 7.96. The molecule has 4 rings (SSSR count). The van der Waals surface area contributed by atoms with Gasteiger partial charge in [-0.15, -0.1) is 0 Å². The maximum Gasteiger partial charge on any atom is 0.253 e. The number of aromatic nitrogens is 1. The van der Waals surface area contributed by atoms with Crippen molar-refractivity contribution in [3.63, 3.8) is 0 Å². The van der Waals surface area contributed by atoms with E-state index in [0.29, 0.717) is 11.1 Å². The first-order chi connectivity index (χ1) is 14.3. The predicted octanol–water partition coefficient (Wildman–Crippen LogP) is 2.71. The first-order valence-corrected chi connectivity index (χ1v) is 10.7. The number of amides is 1. The van der Waals surface area contributed by atoms with Crippen molar-refractivity contribution < 1.29 is 14.1 Å². The molecular formula is C23H32N5O2+. The molecule has 1 saturated heterocycles. The molecule has 0 spiro atoms. The molecule has 1 aromatic heterocycles. The summed E-state index contributed by atoms with van der Waals surface area (Å²) in [6, 6.07) is 4.38. The van der Waals surface area contributed by atoms with Gasteiger partial charge in [-0.3, -0.25) is 4.79 Å². The van der Waals surface area contributed by atoms with Gasteiger partial charge in [0.2, 0.25) is 0 Å². The number of nitrogens with zero attached hydrogens (tertiary/aromatic N) is 4. The number of carbonyl (C=O) groups is 1. The van der Waals surface area contributed by atoms with Crippen LogP contribution in [0.1, 0.15) is 39.7 Å². The van der Waals surface area contributed by atoms with Crippen molar-refractivity contribution in [2.24, 2.45) is 5.10 Å². The van der Waals surface area contributed by atoms with Crippen molar-refractivity contribution in [2.45, 2.75) is 45.7 Å². The number of nitrogens with one attached hydrogen (secondary N) is 1. The van der Waals surface area contributed by atoms with Crippen LogP contribution >= 0.6 is 0 Å². The molecule has 1 aromatic rings. The molecule has 7 heteroatoms. The predicted molar refractivity (Wildman–Crippen MR) is 118 cm³/mol. The number of allylic oxidation sites excluding steroid dienone is 1. The molecule has 1 N–H and O–H groups in total. The summed E-state index contributed by atoms with van der Waals surface area (Å²) < 4.78 is 5.90. The first kappa shape index (κ1) is 20.8. The minimum atomic E-state index is -0.457. The molecule has 2 unspecified atom stereocenters. The van der Waals surface area contributed by atoms with Gasteiger partial charge in [-0.2, -0.15) is 4.59 Å². The number of carbonyl (C=O) groups excluding carboxylic acids is 1. The Morgan fingerprint density at radius 2 is 2.10 bits per heavy atom. The van der Waals surface area contributed by atoms with Gasteiger partial charge in [0.05, 0.1) is 30.5 Å². The van der Waals surface area contributed by atoms with E-state index in [2.05, 4.69) is 60.3 Å². The second-order valence-electron chi connectivity index (χ2n) is 8.97. The minimum absolute atomic E-state index is 0.000338. The summed E-state index contributed by atoms with van der Waals surface area (Å²) in [6.07, 6.45) is 8.47. The minimum Gasteiger partial charge on any atom is -0.378 e. The van der Waals surface area contributed by atoms with E-state index in [-0.39, 0.29) is 11.9 Å². The van der Waals surface area contributed by atoms with Crippen LogP contribution < -0.4 is 10.2 Å². The van der Waals surface area contributed by atoms with Gasteiger partial charge in [0.1, 0.15) is 24.6 Å². The van der Waals surface area contributed by atoms with Crippen LogP contribution in [0, 0.1) is 0 Å². The summed E-state index contributed by atoms with van der Waals surface area (Å²) >= 11 is 0. The number of quaternary nitrogens is 1. The fourth-order valence-electron chi connectivity index (χ4n) is 4.53. The Bertz CT molecular complexity index is 902. The summed E-state index contributed by atoms with van der Waals surface area (Å²) in [6.45, 7) is 12.2. The average Bonchev–Trinajstić information content (AvgIpc) is 3.22. The molecule has 0 saturated carbocycles. The SMILES string of the molecule is CC1=C(C[N+]2(C(C)C)C=CC=N2)C(=O)NC(C)(c2ccnc(N3CCOCC3)c2)C1. The summed E-state index contributed by atoms with van der Waals surface area (Å²) in [4.78, 5) is 20.0. The third-order valence-corrected chi connectivity index (χ3v) is 6.53. The van der Waals surface area contributed by atoms with Crippen molar-refractivity contribution in [1.82, 2.24) is 10.3 Å². The van der Waals surface area contributed by atoms with Gasteiger partial charge in [-0.05, 0) is 51.8 Å². The van der Waals surface area contributed by atoms with Crippen LogP contribution in [0.2, 0.25) is 0 Å². The lowest BCUT2D eigenvalue weighted by Crippen LogP contribution is -2.52. The lowest BCUT2D eigenvalue weighted by Gasteiger charge is -2.39. The van der Waals surface area contributed by atoms with Gasteiger partial charge >= 0.3 is 0 Å². The lowest BCUT2D eigenvalue weighted by atomic mass is 9.81. The van der Waals surface area contributed by atoms with E-state index >= 15 is 0 Å². The molecule has 160 valence electrons. The number of hydrogen-bond acceptors (Lipinski definition) is 5. The van der Waals surface area contributed by atoms with E-state index in [1.165, 1.54) is 0 Å². The lowest BCUT2D eigenvalue weighted by molar-refractivity contribution is -0.899. The molecule has 3 aliphatic heterocycles. The third-order valence-electron chi connectivity index (χ3n) is 6.53. The van der Waals surface area contributed by atoms with Crippen LogP contribution in [0.15, 0.2) is 46.9 Å². The summed E-state index contributed by atoms with van der Waals surface area (Å²) in [5.74, 6) is 0.944. The molecule has 1 amide bonds. The molecular weight excluding hydrogens is 378 g/mol. The molecule has 0 aromatic carbocycles. The molecule has 3 aliphatic rings. The van der Waals surface area contributed by atoms with E-state index in [4.69, 9.17) is 4.74 Å². The number of hydrogen-bond donors (Lipinski definition) is 1. The van der Waals surface area contributed by atoms with Gasteiger partial charge in [0, 0.05) is 25.4 Å². The highest BCUT2D eigenvalue weighted by molar-refractivity contribution is 5.96. The average molecular weight is 411 g/mol. The quantitative estimate of drug-likeness (QED) is 0.758. The van der Waals surface area contributed by atoms with E-state index in [0.717, 1.165) is 55.3 Å². The van der Waals surface area contributed by atoms with Gasteiger partial charge in [-0.25, -0.2) is 4.98 Å². The van der Waals surface area contributed by atoms with E-state index in [9.17, 15) is 4.79 Å². The molecule has 0 bridgehead atoms. The van der Waals surface area contributed by atoms with Gasteiger partial charge in [-0.1, -0.05) is 10.7 Å². The van der Waals surface area contributed by atoms with Crippen molar-refractivity contribution in [3.05, 3.63) is 47.3 Å². The molecule has 2 atom stereocenters. The zero-order valence-electron chi connectivity index (χ0n) is 18.4. The van der Waals surface area contributed by atoms with Crippen LogP contribution in [-0.4, -0.2) is 60.6 Å². The number of ether oxygens (including phenoxy) is 1. The highest BCUT2D eigenvalue weighted by Gasteiger charge is 2.41. The monoisotopic (exact) mass is 410 g/mol. The Morgan fingerprint density at radius 3 is 2.73 bits per heavy atom. The maximum absolute atomic E-state index is 13.2. The van der Waals surface area contributed by atoms with Gasteiger partial charge in [0.15, 0.2) is 0 Å². The first-order valence-electron chi connectivity index (χ1n) is 10.7. The van der Waals surface area contributed by atoms with Crippen LogP contribution in [0.3, 0.4) is 0 Å². The zero-order valence-corrected chi connectivity index (χ0v) is 18.4. The summed E-state index contributed by atoms with van der Waals surface area (Å²) in [7, 11) is 0. The van der Waals surface area contributed by atoms with E-state index in [1.54, 1.807) is 0 Å². The Balaban J connectivity index is 1.59. The summed E-state index contributed by atoms with van der Waals surface area (Å²) in [5, 5.41) is 7.95. The molecule has 0 aliphatic carbocycles. The van der Waals surface area contributed by atoms with Crippen LogP contribution in [0.25, 0.3) is 0 Å². The molecule has 1 fully saturated rings. The normalized spacial score (nSPS) is 29.1. The van der Waals surface area contributed by atoms with Crippen LogP contribution in [0.5, 0.6) is 0 Å². The Morgan fingerprint density at radius 1 is 1.33 bits per heavy atom. The maximum atomic E-state index is 13.2. The molecule has 7 nitrogen and oxygen atoms in total. The van der Waals surface area contributed by atoms with Gasteiger partial charge in [0.25, 0.3) is 5.91 Å². The highest BCUT2D eigenvalue weighted by Crippen LogP contribution is 2.36. The Hall–Kier alpha value is -2.51. The number of anilines is 1. The smallest absolute Gasteiger partial charge is 0.253 e. The van der Waals surface area contributed by atoms with Gasteiger partial charge < -0.3 is 15.0 Å². The number of pyridine rings is 1. The number of morpholine rings is 1. The Labute approximate surface area is 178 Å². The molecule has 30 heavy (non-hydrogen) atoms. The van der Waals surface area contributed by atoms with Crippen LogP contribution in [0.4, 0.5) is 5.82 Å². The molecule has 0 radical (unpaired) electrons. The zero-order chi connectivity index (χ0) is 21.4. The van der Waals surface area contributed by atoms with E-state index < -0.39 is 5.54 Å². The fourth-order valence-corrected chi connectivity index (χ4v) is 4.53. The van der Waals surface area contributed by atoms with Crippen molar-refractivity contribution >= 4 is 17.9 Å². The van der Waals surface area contributed by atoms with E-state index in [1.807, 2.05) is 24.6 Å². The van der Waals surface area contributed by atoms with Crippen LogP contribution in [-0.2, 0) is 15.1 Å². The Kier molecular flexibility index (Phi) is 5.51. The fraction of sp³-hybridized carbons (Fsp3) is 0.522. The van der Waals surface area contributed by atoms with Crippen molar-refractivity contribution in [3.8, 4) is 0 Å². The summed E-state index contributed by atoms with van der Waals surface area (Å²) in [5.41, 5.74) is 2.59. The second-order valence-corrected chi connectivity index (χ2v) is 8.97. The molecule has 4 heterocycles. The standard InChI is InChI=1S/C23H31N5O2/c1-17(2)28(11-5-7-25-28)16-20-18(3)15-23(4,26-22(20)29)19-6-8-24-21(14-19)27-9-12-30-13-10-27/h5-8,11,14,17H,9-10,12-13,15-16H2,1-4H3/p+1. The number of rotatable bonds is 5. The largest absolute Gasteiger partial charge is 0.378 e. The topological polar surface area (TPSA) is 66.8 Å². The third kappa shape index (κ3) is 3.79. The highest BCUT2D eigenvalue weighted by atomic mass is 16.5. The van der Waals surface area contributed by atoms with Crippen molar-refractivity contribution in [1.29, 1.82) is 0 Å². The van der Waals surface area contributed by atoms with Crippen molar-refractivity contribution in [2.75, 3.05) is 37.7 Å².